The summed E-state index contributed by atoms with van der Waals surface area (Å²) in [6, 6.07) is 7.86. The van der Waals surface area contributed by atoms with Crippen molar-refractivity contribution in [1.29, 1.82) is 0 Å². The Kier molecular flexibility index (Phi) is 3.65. The minimum atomic E-state index is -1.34. The largest absolute Gasteiger partial charge is 0.545 e. The van der Waals surface area contributed by atoms with Gasteiger partial charge in [-0.2, -0.15) is 0 Å². The molecule has 0 unspecified atom stereocenters. The summed E-state index contributed by atoms with van der Waals surface area (Å²) in [6.07, 6.45) is 2.05. The molecule has 2 aromatic rings. The molecule has 0 aliphatic rings. The van der Waals surface area contributed by atoms with E-state index in [2.05, 4.69) is 0 Å². The number of nitrogens with zero attached hydrogens (tertiary/aromatic N) is 1. The summed E-state index contributed by atoms with van der Waals surface area (Å²) in [7, 11) is 0. The van der Waals surface area contributed by atoms with Gasteiger partial charge in [0, 0.05) is 6.07 Å². The van der Waals surface area contributed by atoms with Crippen molar-refractivity contribution in [3.63, 3.8) is 0 Å². The van der Waals surface area contributed by atoms with Crippen molar-refractivity contribution in [2.24, 2.45) is 0 Å². The van der Waals surface area contributed by atoms with Crippen LogP contribution < -0.4 is 5.11 Å². The second-order valence-corrected chi connectivity index (χ2v) is 4.13. The van der Waals surface area contributed by atoms with Crippen LogP contribution in [0.4, 0.5) is 5.69 Å². The molecular formula is C14H10NO5-. The predicted octanol–water partition coefficient (Wildman–Crippen LogP) is 1.93. The van der Waals surface area contributed by atoms with Gasteiger partial charge < -0.3 is 14.3 Å². The quantitative estimate of drug-likeness (QED) is 0.481. The number of aliphatic carboxylic acids is 1. The smallest absolute Gasteiger partial charge is 0.280 e. The zero-order chi connectivity index (χ0) is 14.7. The predicted molar refractivity (Wildman–Crippen MR) is 69.6 cm³/mol. The van der Waals surface area contributed by atoms with Gasteiger partial charge in [-0.05, 0) is 42.8 Å². The molecule has 20 heavy (non-hydrogen) atoms. The number of nitro groups is 1. The highest BCUT2D eigenvalue weighted by molar-refractivity contribution is 5.83. The third-order valence-electron chi connectivity index (χ3n) is 2.63. The molecule has 1 aromatic heterocycles. The third kappa shape index (κ3) is 2.92. The number of carbonyl (C=O) groups excluding carboxylic acids is 1. The molecule has 0 saturated carbocycles. The molecule has 0 saturated heterocycles. The maximum Gasteiger partial charge on any atom is 0.280 e. The molecule has 0 N–H and O–H groups in total. The Morgan fingerprint density at radius 1 is 1.30 bits per heavy atom. The summed E-state index contributed by atoms with van der Waals surface area (Å²) >= 11 is 0. The molecule has 0 fully saturated rings. The van der Waals surface area contributed by atoms with E-state index in [1.807, 2.05) is 0 Å². The van der Waals surface area contributed by atoms with Crippen molar-refractivity contribution in [3.8, 4) is 11.3 Å². The van der Waals surface area contributed by atoms with Crippen molar-refractivity contribution < 1.29 is 19.2 Å². The normalized spacial score (nSPS) is 10.8. The fraction of sp³-hybridized carbons (Fsp3) is 0.0714. The standard InChI is InChI=1S/C14H11NO5/c1-9-2-5-11(12(8-9)15(18)19)13-6-3-10(20-13)4-7-14(16)17/h2-8H,1H3,(H,16,17)/p-1/b7-4+. The Hall–Kier alpha value is -2.89. The number of rotatable bonds is 4. The van der Waals surface area contributed by atoms with E-state index in [4.69, 9.17) is 4.42 Å². The molecule has 2 rings (SSSR count). The van der Waals surface area contributed by atoms with E-state index in [0.717, 1.165) is 11.6 Å². The van der Waals surface area contributed by atoms with Gasteiger partial charge in [0.2, 0.25) is 0 Å². The second kappa shape index (κ2) is 5.40. The number of aryl methyl sites for hydroxylation is 1. The van der Waals surface area contributed by atoms with E-state index in [9.17, 15) is 20.0 Å². The number of furan rings is 1. The summed E-state index contributed by atoms with van der Waals surface area (Å²) in [6.45, 7) is 1.76. The van der Waals surface area contributed by atoms with Gasteiger partial charge in [-0.25, -0.2) is 0 Å². The molecule has 0 amide bonds. The molecule has 102 valence electrons. The minimum absolute atomic E-state index is 0.0604. The molecule has 0 bridgehead atoms. The lowest BCUT2D eigenvalue weighted by molar-refractivity contribution is -0.384. The van der Waals surface area contributed by atoms with Gasteiger partial charge >= 0.3 is 0 Å². The Morgan fingerprint density at radius 2 is 2.05 bits per heavy atom. The van der Waals surface area contributed by atoms with Crippen LogP contribution in [0.2, 0.25) is 0 Å². The van der Waals surface area contributed by atoms with Crippen LogP contribution in [-0.4, -0.2) is 10.9 Å². The van der Waals surface area contributed by atoms with Crippen molar-refractivity contribution in [2.75, 3.05) is 0 Å². The number of carboxylic acid groups (broad SMARTS) is 1. The number of hydrogen-bond acceptors (Lipinski definition) is 5. The molecule has 0 atom stereocenters. The van der Waals surface area contributed by atoms with E-state index in [-0.39, 0.29) is 11.4 Å². The lowest BCUT2D eigenvalue weighted by Gasteiger charge is -2.01. The number of benzene rings is 1. The van der Waals surface area contributed by atoms with Crippen LogP contribution in [0, 0.1) is 17.0 Å². The van der Waals surface area contributed by atoms with Gasteiger partial charge in [0.15, 0.2) is 0 Å². The van der Waals surface area contributed by atoms with E-state index in [1.54, 1.807) is 25.1 Å². The van der Waals surface area contributed by atoms with Crippen LogP contribution in [0.15, 0.2) is 40.8 Å². The van der Waals surface area contributed by atoms with Gasteiger partial charge in [-0.15, -0.1) is 0 Å². The summed E-state index contributed by atoms with van der Waals surface area (Å²) in [5.74, 6) is -0.766. The van der Waals surface area contributed by atoms with Crippen molar-refractivity contribution in [1.82, 2.24) is 0 Å². The highest BCUT2D eigenvalue weighted by atomic mass is 16.6. The van der Waals surface area contributed by atoms with Gasteiger partial charge in [-0.1, -0.05) is 6.07 Å². The first-order valence-electron chi connectivity index (χ1n) is 5.71. The lowest BCUT2D eigenvalue weighted by Crippen LogP contribution is -2.18. The van der Waals surface area contributed by atoms with Crippen LogP contribution in [-0.2, 0) is 4.79 Å². The summed E-state index contributed by atoms with van der Waals surface area (Å²) in [5, 5.41) is 21.3. The van der Waals surface area contributed by atoms with E-state index < -0.39 is 10.9 Å². The number of carbonyl (C=O) groups is 1. The average molecular weight is 272 g/mol. The zero-order valence-corrected chi connectivity index (χ0v) is 10.5. The first kappa shape index (κ1) is 13.5. The molecule has 0 aliphatic heterocycles. The van der Waals surface area contributed by atoms with Crippen LogP contribution >= 0.6 is 0 Å². The molecule has 6 heteroatoms. The molecule has 0 aliphatic carbocycles. The maximum atomic E-state index is 11.0. The van der Waals surface area contributed by atoms with Gasteiger partial charge in [0.05, 0.1) is 16.5 Å². The molecule has 1 aromatic carbocycles. The third-order valence-corrected chi connectivity index (χ3v) is 2.63. The first-order chi connectivity index (χ1) is 9.47. The van der Waals surface area contributed by atoms with Crippen LogP contribution in [0.1, 0.15) is 11.3 Å². The Morgan fingerprint density at radius 3 is 2.70 bits per heavy atom. The van der Waals surface area contributed by atoms with Crippen LogP contribution in [0.25, 0.3) is 17.4 Å². The highest BCUT2D eigenvalue weighted by Gasteiger charge is 2.17. The SMILES string of the molecule is Cc1ccc(-c2ccc(/C=C/C(=O)[O-])o2)c([N+](=O)[O-])c1. The van der Waals surface area contributed by atoms with Crippen LogP contribution in [0.5, 0.6) is 0 Å². The minimum Gasteiger partial charge on any atom is -0.545 e. The monoisotopic (exact) mass is 272 g/mol. The fourth-order valence-corrected chi connectivity index (χ4v) is 1.74. The maximum absolute atomic E-state index is 11.0. The highest BCUT2D eigenvalue weighted by Crippen LogP contribution is 2.32. The topological polar surface area (TPSA) is 96.4 Å². The van der Waals surface area contributed by atoms with Crippen LogP contribution in [0.3, 0.4) is 0 Å². The van der Waals surface area contributed by atoms with E-state index in [1.165, 1.54) is 18.2 Å². The van der Waals surface area contributed by atoms with E-state index >= 15 is 0 Å². The zero-order valence-electron chi connectivity index (χ0n) is 10.5. The van der Waals surface area contributed by atoms with Crippen molar-refractivity contribution in [3.05, 3.63) is 57.8 Å². The Balaban J connectivity index is 2.42. The van der Waals surface area contributed by atoms with Gasteiger partial charge in [0.25, 0.3) is 5.69 Å². The molecule has 0 radical (unpaired) electrons. The van der Waals surface area contributed by atoms with Gasteiger partial charge in [-0.3, -0.25) is 10.1 Å². The van der Waals surface area contributed by atoms with Gasteiger partial charge in [0.1, 0.15) is 11.5 Å². The van der Waals surface area contributed by atoms with E-state index in [0.29, 0.717) is 11.3 Å². The summed E-state index contributed by atoms with van der Waals surface area (Å²) in [5.41, 5.74) is 1.05. The average Bonchev–Trinajstić information content (AvgIpc) is 2.84. The number of hydrogen-bond donors (Lipinski definition) is 0. The lowest BCUT2D eigenvalue weighted by atomic mass is 10.1. The molecule has 0 spiro atoms. The second-order valence-electron chi connectivity index (χ2n) is 4.13. The Bertz CT molecular complexity index is 699. The molecule has 6 nitrogen and oxygen atoms in total. The number of carboxylic acids is 1. The summed E-state index contributed by atoms with van der Waals surface area (Å²) in [4.78, 5) is 20.8. The molecule has 1 heterocycles. The van der Waals surface area contributed by atoms with Crippen molar-refractivity contribution >= 4 is 17.7 Å². The molecular weight excluding hydrogens is 262 g/mol. The fourth-order valence-electron chi connectivity index (χ4n) is 1.74. The first-order valence-corrected chi connectivity index (χ1v) is 5.71. The van der Waals surface area contributed by atoms with Crippen molar-refractivity contribution in [2.45, 2.75) is 6.92 Å². The Labute approximate surface area is 114 Å². The summed E-state index contributed by atoms with van der Waals surface area (Å²) < 4.78 is 5.37. The number of nitro benzene ring substituents is 1.